The smallest absolute Gasteiger partial charge is 0.317 e. The summed E-state index contributed by atoms with van der Waals surface area (Å²) >= 11 is 0. The Kier molecular flexibility index (Phi) is 5.43. The molecule has 2 fully saturated rings. The zero-order valence-electron chi connectivity index (χ0n) is 15.8. The average molecular weight is 382 g/mol. The van der Waals surface area contributed by atoms with Crippen molar-refractivity contribution in [2.75, 3.05) is 13.1 Å². The third kappa shape index (κ3) is 4.42. The Morgan fingerprint density at radius 2 is 1.96 bits per heavy atom. The minimum Gasteiger partial charge on any atom is -0.480 e. The number of hydrogen-bond donors (Lipinski definition) is 2. The maximum atomic E-state index is 13.0. The molecule has 1 unspecified atom stereocenters. The molecule has 0 spiro atoms. The Hall–Kier alpha value is -2.67. The van der Waals surface area contributed by atoms with E-state index in [9.17, 15) is 14.7 Å². The number of carboxylic acids is 1. The zero-order valence-corrected chi connectivity index (χ0v) is 15.8. The molecule has 7 nitrogen and oxygen atoms in total. The van der Waals surface area contributed by atoms with E-state index in [4.69, 9.17) is 0 Å². The van der Waals surface area contributed by atoms with Crippen molar-refractivity contribution < 1.29 is 14.7 Å². The molecule has 1 amide bonds. The van der Waals surface area contributed by atoms with Crippen molar-refractivity contribution in [3.05, 3.63) is 54.4 Å². The summed E-state index contributed by atoms with van der Waals surface area (Å²) in [5, 5.41) is 16.6. The van der Waals surface area contributed by atoms with E-state index < -0.39 is 12.0 Å². The van der Waals surface area contributed by atoms with Crippen LogP contribution in [0.3, 0.4) is 0 Å². The molecule has 4 rings (SSSR count). The van der Waals surface area contributed by atoms with Crippen LogP contribution >= 0.6 is 0 Å². The van der Waals surface area contributed by atoms with Gasteiger partial charge in [-0.1, -0.05) is 30.3 Å². The number of benzene rings is 1. The van der Waals surface area contributed by atoms with Gasteiger partial charge in [0.05, 0.1) is 6.54 Å². The minimum absolute atomic E-state index is 0.0784. The van der Waals surface area contributed by atoms with Crippen LogP contribution in [0, 0.1) is 5.92 Å². The van der Waals surface area contributed by atoms with E-state index in [1.165, 1.54) is 12.8 Å². The van der Waals surface area contributed by atoms with E-state index in [1.54, 1.807) is 17.1 Å². The van der Waals surface area contributed by atoms with Gasteiger partial charge < -0.3 is 10.4 Å². The molecule has 2 aliphatic carbocycles. The van der Waals surface area contributed by atoms with Crippen LogP contribution < -0.4 is 5.32 Å². The fraction of sp³-hybridized carbons (Fsp3) is 0.476. The van der Waals surface area contributed by atoms with Gasteiger partial charge in [-0.15, -0.1) is 0 Å². The van der Waals surface area contributed by atoms with Gasteiger partial charge in [0.25, 0.3) is 0 Å². The van der Waals surface area contributed by atoms with Gasteiger partial charge in [-0.2, -0.15) is 5.10 Å². The van der Waals surface area contributed by atoms with Gasteiger partial charge in [0.2, 0.25) is 5.91 Å². The second-order valence-electron chi connectivity index (χ2n) is 7.90. The number of aromatic nitrogens is 2. The van der Waals surface area contributed by atoms with Gasteiger partial charge in [0.1, 0.15) is 0 Å². The first-order valence-corrected chi connectivity index (χ1v) is 9.90. The molecule has 1 aromatic carbocycles. The molecule has 1 aromatic heterocycles. The first-order valence-electron chi connectivity index (χ1n) is 9.90. The lowest BCUT2D eigenvalue weighted by Gasteiger charge is -2.43. The van der Waals surface area contributed by atoms with Crippen LogP contribution in [-0.4, -0.2) is 56.8 Å². The molecule has 0 bridgehead atoms. The van der Waals surface area contributed by atoms with Crippen molar-refractivity contribution in [1.82, 2.24) is 20.0 Å². The third-order valence-corrected chi connectivity index (χ3v) is 5.66. The topological polar surface area (TPSA) is 87.5 Å². The Morgan fingerprint density at radius 1 is 1.21 bits per heavy atom. The maximum Gasteiger partial charge on any atom is 0.317 e. The molecule has 7 heteroatoms. The molecule has 1 atom stereocenters. The summed E-state index contributed by atoms with van der Waals surface area (Å²) in [6.45, 7) is 0.944. The van der Waals surface area contributed by atoms with Crippen LogP contribution in [0.15, 0.2) is 48.8 Å². The highest BCUT2D eigenvalue weighted by molar-refractivity contribution is 5.83. The van der Waals surface area contributed by atoms with E-state index in [2.05, 4.69) is 15.3 Å². The molecule has 28 heavy (non-hydrogen) atoms. The zero-order chi connectivity index (χ0) is 19.5. The van der Waals surface area contributed by atoms with E-state index in [0.29, 0.717) is 5.92 Å². The monoisotopic (exact) mass is 382 g/mol. The molecule has 2 aliphatic rings. The van der Waals surface area contributed by atoms with Crippen LogP contribution in [0.4, 0.5) is 0 Å². The first kappa shape index (κ1) is 18.7. The number of carbonyl (C=O) groups excluding carboxylic acids is 1. The lowest BCUT2D eigenvalue weighted by Crippen LogP contribution is -2.56. The summed E-state index contributed by atoms with van der Waals surface area (Å²) in [5.74, 6) is -0.212. The molecule has 2 saturated carbocycles. The fourth-order valence-corrected chi connectivity index (χ4v) is 3.93. The lowest BCUT2D eigenvalue weighted by atomic mass is 9.84. The van der Waals surface area contributed by atoms with Crippen molar-refractivity contribution in [3.8, 4) is 0 Å². The van der Waals surface area contributed by atoms with Gasteiger partial charge in [0, 0.05) is 31.0 Å². The van der Waals surface area contributed by atoms with Gasteiger partial charge in [-0.3, -0.25) is 19.2 Å². The highest BCUT2D eigenvalue weighted by Crippen LogP contribution is 2.34. The predicted octanol–water partition coefficient (Wildman–Crippen LogP) is 1.92. The second kappa shape index (κ2) is 8.14. The molecular formula is C21H26N4O3. The van der Waals surface area contributed by atoms with Crippen LogP contribution in [0.1, 0.15) is 37.3 Å². The Labute approximate surface area is 164 Å². The predicted molar refractivity (Wildman–Crippen MR) is 104 cm³/mol. The molecule has 148 valence electrons. The molecule has 0 saturated heterocycles. The van der Waals surface area contributed by atoms with E-state index in [1.807, 2.05) is 36.4 Å². The SMILES string of the molecule is O=C(O)CN(CC1CC1)C1CC(NC(=O)C(c2ccccc2)n2cccn2)C1. The Balaban J connectivity index is 1.37. The van der Waals surface area contributed by atoms with Gasteiger partial charge >= 0.3 is 5.97 Å². The molecule has 2 aromatic rings. The van der Waals surface area contributed by atoms with Crippen LogP contribution in [0.2, 0.25) is 0 Å². The van der Waals surface area contributed by atoms with E-state index in [-0.39, 0.29) is 24.5 Å². The second-order valence-corrected chi connectivity index (χ2v) is 7.90. The van der Waals surface area contributed by atoms with Crippen molar-refractivity contribution in [2.45, 2.75) is 43.8 Å². The summed E-state index contributed by atoms with van der Waals surface area (Å²) in [7, 11) is 0. The highest BCUT2D eigenvalue weighted by Gasteiger charge is 2.38. The fourth-order valence-electron chi connectivity index (χ4n) is 3.93. The summed E-state index contributed by atoms with van der Waals surface area (Å²) in [4.78, 5) is 26.3. The average Bonchev–Trinajstić information content (AvgIpc) is 3.29. The molecule has 2 N–H and O–H groups in total. The van der Waals surface area contributed by atoms with Crippen LogP contribution in [-0.2, 0) is 9.59 Å². The van der Waals surface area contributed by atoms with Crippen molar-refractivity contribution in [2.24, 2.45) is 5.92 Å². The molecular weight excluding hydrogens is 356 g/mol. The number of rotatable bonds is 9. The Morgan fingerprint density at radius 3 is 2.57 bits per heavy atom. The van der Waals surface area contributed by atoms with Crippen molar-refractivity contribution >= 4 is 11.9 Å². The normalized spacial score (nSPS) is 22.5. The van der Waals surface area contributed by atoms with Crippen molar-refractivity contribution in [1.29, 1.82) is 0 Å². The number of carbonyl (C=O) groups is 2. The standard InChI is InChI=1S/C21H26N4O3/c26-19(27)14-24(13-15-7-8-15)18-11-17(12-18)23-21(28)20(25-10-4-9-22-25)16-5-2-1-3-6-16/h1-6,9-10,15,17-18,20H,7-8,11-14H2,(H,23,28)(H,26,27). The number of aliphatic carboxylic acids is 1. The van der Waals surface area contributed by atoms with Crippen LogP contribution in [0.25, 0.3) is 0 Å². The largest absolute Gasteiger partial charge is 0.480 e. The van der Waals surface area contributed by atoms with E-state index >= 15 is 0 Å². The number of carboxylic acid groups (broad SMARTS) is 1. The molecule has 0 aliphatic heterocycles. The Bertz CT molecular complexity index is 798. The lowest BCUT2D eigenvalue weighted by molar-refractivity contribution is -0.140. The van der Waals surface area contributed by atoms with Gasteiger partial charge in [-0.25, -0.2) is 0 Å². The summed E-state index contributed by atoms with van der Waals surface area (Å²) in [5.41, 5.74) is 0.890. The summed E-state index contributed by atoms with van der Waals surface area (Å²) < 4.78 is 1.67. The maximum absolute atomic E-state index is 13.0. The number of hydrogen-bond acceptors (Lipinski definition) is 4. The minimum atomic E-state index is -0.782. The number of amides is 1. The highest BCUT2D eigenvalue weighted by atomic mass is 16.4. The van der Waals surface area contributed by atoms with Crippen molar-refractivity contribution in [3.63, 3.8) is 0 Å². The number of nitrogens with zero attached hydrogens (tertiary/aromatic N) is 3. The summed E-state index contributed by atoms with van der Waals surface area (Å²) in [6, 6.07) is 11.2. The van der Waals surface area contributed by atoms with Gasteiger partial charge in [-0.05, 0) is 43.2 Å². The van der Waals surface area contributed by atoms with Crippen LogP contribution in [0.5, 0.6) is 0 Å². The van der Waals surface area contributed by atoms with E-state index in [0.717, 1.165) is 24.9 Å². The summed E-state index contributed by atoms with van der Waals surface area (Å²) in [6.07, 6.45) is 7.46. The third-order valence-electron chi connectivity index (χ3n) is 5.66. The number of nitrogens with one attached hydrogen (secondary N) is 1. The molecule has 1 heterocycles. The molecule has 0 radical (unpaired) electrons. The quantitative estimate of drug-likeness (QED) is 0.692. The van der Waals surface area contributed by atoms with Gasteiger partial charge in [0.15, 0.2) is 6.04 Å². The first-order chi connectivity index (χ1) is 13.6.